The Morgan fingerprint density at radius 1 is 1.44 bits per heavy atom. The molecule has 0 saturated carbocycles. The summed E-state index contributed by atoms with van der Waals surface area (Å²) in [7, 11) is 1.81. The Labute approximate surface area is 106 Å². The van der Waals surface area contributed by atoms with Gasteiger partial charge in [0.25, 0.3) is 0 Å². The average molecular weight is 247 g/mol. The van der Waals surface area contributed by atoms with Crippen LogP contribution in [0, 0.1) is 0 Å². The van der Waals surface area contributed by atoms with Crippen molar-refractivity contribution < 1.29 is 9.84 Å². The van der Waals surface area contributed by atoms with E-state index in [0.717, 1.165) is 6.42 Å². The topological polar surface area (TPSA) is 60.2 Å². The maximum Gasteiger partial charge on any atom is 0.137 e. The van der Waals surface area contributed by atoms with Crippen molar-refractivity contribution in [2.45, 2.75) is 19.4 Å². The van der Waals surface area contributed by atoms with Crippen molar-refractivity contribution in [2.24, 2.45) is 7.05 Å². The molecule has 2 aromatic heterocycles. The lowest BCUT2D eigenvalue weighted by atomic mass is 10.1. The Morgan fingerprint density at radius 3 is 2.94 bits per heavy atom. The molecule has 1 atom stereocenters. The van der Waals surface area contributed by atoms with Gasteiger partial charge in [-0.25, -0.2) is 0 Å². The van der Waals surface area contributed by atoms with Gasteiger partial charge in [0.2, 0.25) is 0 Å². The number of hydrogen-bond donors (Lipinski definition) is 1. The van der Waals surface area contributed by atoms with Crippen LogP contribution in [0.4, 0.5) is 0 Å². The van der Waals surface area contributed by atoms with Crippen LogP contribution in [-0.2, 0) is 7.05 Å². The summed E-state index contributed by atoms with van der Waals surface area (Å²) in [6.45, 7) is 2.69. The highest BCUT2D eigenvalue weighted by Crippen LogP contribution is 2.22. The fourth-order valence-corrected chi connectivity index (χ4v) is 1.63. The monoisotopic (exact) mass is 247 g/mol. The minimum atomic E-state index is -0.774. The van der Waals surface area contributed by atoms with Gasteiger partial charge in [-0.15, -0.1) is 0 Å². The molecule has 0 aliphatic rings. The molecule has 0 amide bonds. The second-order valence-electron chi connectivity index (χ2n) is 4.12. The van der Waals surface area contributed by atoms with Crippen molar-refractivity contribution in [1.29, 1.82) is 0 Å². The van der Waals surface area contributed by atoms with Gasteiger partial charge >= 0.3 is 0 Å². The molecule has 0 aliphatic carbocycles. The molecule has 2 aromatic rings. The van der Waals surface area contributed by atoms with Crippen molar-refractivity contribution in [3.8, 4) is 5.75 Å². The number of ether oxygens (including phenoxy) is 1. The van der Waals surface area contributed by atoms with E-state index in [-0.39, 0.29) is 0 Å². The van der Waals surface area contributed by atoms with Gasteiger partial charge < -0.3 is 9.84 Å². The van der Waals surface area contributed by atoms with Crippen LogP contribution < -0.4 is 4.74 Å². The Kier molecular flexibility index (Phi) is 3.94. The summed E-state index contributed by atoms with van der Waals surface area (Å²) in [5.41, 5.74) is 1.29. The van der Waals surface area contributed by atoms with Gasteiger partial charge in [0.05, 0.1) is 18.5 Å². The van der Waals surface area contributed by atoms with Crippen LogP contribution in [0.2, 0.25) is 0 Å². The molecule has 2 heterocycles. The third kappa shape index (κ3) is 2.87. The van der Waals surface area contributed by atoms with Crippen LogP contribution in [-0.4, -0.2) is 26.5 Å². The minimum absolute atomic E-state index is 0.604. The van der Waals surface area contributed by atoms with E-state index < -0.39 is 6.10 Å². The number of aliphatic hydroxyl groups excluding tert-OH is 1. The summed E-state index contributed by atoms with van der Waals surface area (Å²) in [6.07, 6.45) is 5.22. The molecule has 2 rings (SSSR count). The third-order valence-electron chi connectivity index (χ3n) is 2.54. The van der Waals surface area contributed by atoms with Gasteiger partial charge in [-0.1, -0.05) is 6.92 Å². The quantitative estimate of drug-likeness (QED) is 0.873. The summed E-state index contributed by atoms with van der Waals surface area (Å²) < 4.78 is 7.14. The molecule has 0 radical (unpaired) electrons. The Balaban J connectivity index is 2.17. The molecule has 0 aliphatic heterocycles. The van der Waals surface area contributed by atoms with Gasteiger partial charge in [-0.3, -0.25) is 9.67 Å². The van der Waals surface area contributed by atoms with Crippen LogP contribution >= 0.6 is 0 Å². The van der Waals surface area contributed by atoms with Crippen molar-refractivity contribution in [1.82, 2.24) is 14.8 Å². The van der Waals surface area contributed by atoms with Crippen LogP contribution in [0.5, 0.6) is 5.75 Å². The number of aromatic nitrogens is 3. The number of aliphatic hydroxyl groups is 1. The molecular weight excluding hydrogens is 230 g/mol. The minimum Gasteiger partial charge on any atom is -0.492 e. The summed E-state index contributed by atoms with van der Waals surface area (Å²) in [5.74, 6) is 0.671. The molecule has 5 nitrogen and oxygen atoms in total. The van der Waals surface area contributed by atoms with Gasteiger partial charge in [-0.2, -0.15) is 5.10 Å². The molecule has 96 valence electrons. The van der Waals surface area contributed by atoms with E-state index in [1.54, 1.807) is 35.4 Å². The lowest BCUT2D eigenvalue weighted by Gasteiger charge is -2.10. The molecule has 0 bridgehead atoms. The highest BCUT2D eigenvalue weighted by Gasteiger charge is 2.14. The second-order valence-corrected chi connectivity index (χ2v) is 4.12. The lowest BCUT2D eigenvalue weighted by molar-refractivity contribution is 0.213. The summed E-state index contributed by atoms with van der Waals surface area (Å²) in [5, 5.41) is 14.4. The largest absolute Gasteiger partial charge is 0.492 e. The first-order chi connectivity index (χ1) is 8.70. The third-order valence-corrected chi connectivity index (χ3v) is 2.54. The zero-order chi connectivity index (χ0) is 13.0. The van der Waals surface area contributed by atoms with Crippen LogP contribution in [0.3, 0.4) is 0 Å². The summed E-state index contributed by atoms with van der Waals surface area (Å²) in [4.78, 5) is 4.07. The molecule has 0 spiro atoms. The predicted molar refractivity (Wildman–Crippen MR) is 67.3 cm³/mol. The SMILES string of the molecule is CCCOc1cncc(C(O)c2ccn(C)n2)c1. The van der Waals surface area contributed by atoms with Crippen LogP contribution in [0.25, 0.3) is 0 Å². The average Bonchev–Trinajstić information content (AvgIpc) is 2.82. The maximum atomic E-state index is 10.2. The predicted octanol–water partition coefficient (Wildman–Crippen LogP) is 1.69. The van der Waals surface area contributed by atoms with Gasteiger partial charge in [0, 0.05) is 25.0 Å². The van der Waals surface area contributed by atoms with E-state index in [2.05, 4.69) is 10.1 Å². The Hall–Kier alpha value is -1.88. The number of nitrogens with zero attached hydrogens (tertiary/aromatic N) is 3. The Morgan fingerprint density at radius 2 is 2.28 bits per heavy atom. The van der Waals surface area contributed by atoms with E-state index >= 15 is 0 Å². The fraction of sp³-hybridized carbons (Fsp3) is 0.385. The zero-order valence-electron chi connectivity index (χ0n) is 10.6. The number of hydrogen-bond acceptors (Lipinski definition) is 4. The molecule has 0 saturated heterocycles. The smallest absolute Gasteiger partial charge is 0.137 e. The van der Waals surface area contributed by atoms with E-state index in [1.165, 1.54) is 0 Å². The van der Waals surface area contributed by atoms with E-state index in [4.69, 9.17) is 4.74 Å². The lowest BCUT2D eigenvalue weighted by Crippen LogP contribution is -2.03. The van der Waals surface area contributed by atoms with E-state index in [9.17, 15) is 5.11 Å². The molecule has 1 unspecified atom stereocenters. The molecule has 0 fully saturated rings. The molecular formula is C13H17N3O2. The first-order valence-corrected chi connectivity index (χ1v) is 5.96. The van der Waals surface area contributed by atoms with Gasteiger partial charge in [-0.05, 0) is 18.6 Å². The highest BCUT2D eigenvalue weighted by atomic mass is 16.5. The summed E-state index contributed by atoms with van der Waals surface area (Å²) >= 11 is 0. The number of aryl methyl sites for hydroxylation is 1. The van der Waals surface area contributed by atoms with Gasteiger partial charge in [0.15, 0.2) is 0 Å². The standard InChI is InChI=1S/C13H17N3O2/c1-3-6-18-11-7-10(8-14-9-11)13(17)12-4-5-16(2)15-12/h4-5,7-9,13,17H,3,6H2,1-2H3. The fourth-order valence-electron chi connectivity index (χ4n) is 1.63. The maximum absolute atomic E-state index is 10.2. The zero-order valence-corrected chi connectivity index (χ0v) is 10.6. The molecule has 0 aromatic carbocycles. The van der Waals surface area contributed by atoms with Crippen molar-refractivity contribution >= 4 is 0 Å². The summed E-state index contributed by atoms with van der Waals surface area (Å²) in [6, 6.07) is 3.58. The highest BCUT2D eigenvalue weighted by molar-refractivity contribution is 5.29. The second kappa shape index (κ2) is 5.64. The first-order valence-electron chi connectivity index (χ1n) is 5.96. The number of rotatable bonds is 5. The van der Waals surface area contributed by atoms with Crippen molar-refractivity contribution in [2.75, 3.05) is 6.61 Å². The van der Waals surface area contributed by atoms with Crippen molar-refractivity contribution in [3.63, 3.8) is 0 Å². The normalized spacial score (nSPS) is 12.4. The van der Waals surface area contributed by atoms with E-state index in [1.807, 2.05) is 14.0 Å². The molecule has 18 heavy (non-hydrogen) atoms. The van der Waals surface area contributed by atoms with Crippen LogP contribution in [0.15, 0.2) is 30.7 Å². The van der Waals surface area contributed by atoms with Crippen molar-refractivity contribution in [3.05, 3.63) is 42.0 Å². The first kappa shape index (κ1) is 12.6. The van der Waals surface area contributed by atoms with Crippen LogP contribution in [0.1, 0.15) is 30.7 Å². The number of pyridine rings is 1. The molecule has 1 N–H and O–H groups in total. The molecule has 5 heteroatoms. The van der Waals surface area contributed by atoms with E-state index in [0.29, 0.717) is 23.6 Å². The van der Waals surface area contributed by atoms with Gasteiger partial charge in [0.1, 0.15) is 11.9 Å². The Bertz CT molecular complexity index is 510.